The maximum Gasteiger partial charge on any atom is 0.256 e. The van der Waals surface area contributed by atoms with Gasteiger partial charge in [0.05, 0.1) is 36.4 Å². The summed E-state index contributed by atoms with van der Waals surface area (Å²) in [5, 5.41) is 2.77. The molecule has 8 nitrogen and oxygen atoms in total. The van der Waals surface area contributed by atoms with Gasteiger partial charge in [-0.3, -0.25) is 13.9 Å². The zero-order chi connectivity index (χ0) is 21.0. The van der Waals surface area contributed by atoms with E-state index in [0.29, 0.717) is 43.2 Å². The summed E-state index contributed by atoms with van der Waals surface area (Å²) in [7, 11) is -2.03. The van der Waals surface area contributed by atoms with Crippen molar-refractivity contribution >= 4 is 33.2 Å². The highest BCUT2D eigenvalue weighted by Gasteiger charge is 2.22. The monoisotopic (exact) mass is 417 g/mol. The van der Waals surface area contributed by atoms with Crippen LogP contribution in [-0.2, 0) is 14.8 Å². The van der Waals surface area contributed by atoms with Crippen molar-refractivity contribution in [1.82, 2.24) is 4.90 Å². The van der Waals surface area contributed by atoms with Gasteiger partial charge in [-0.1, -0.05) is 18.2 Å². The number of benzene rings is 2. The van der Waals surface area contributed by atoms with Crippen molar-refractivity contribution in [3.05, 3.63) is 59.7 Å². The summed E-state index contributed by atoms with van der Waals surface area (Å²) in [6.07, 6.45) is 1.09. The molecule has 29 heavy (non-hydrogen) atoms. The summed E-state index contributed by atoms with van der Waals surface area (Å²) < 4.78 is 29.9. The van der Waals surface area contributed by atoms with Crippen LogP contribution in [0.25, 0.3) is 0 Å². The highest BCUT2D eigenvalue weighted by Crippen LogP contribution is 2.21. The summed E-state index contributed by atoms with van der Waals surface area (Å²) in [5.41, 5.74) is 1.45. The quantitative estimate of drug-likeness (QED) is 0.800. The normalized spacial score (nSPS) is 14.3. The molecule has 3 rings (SSSR count). The first-order valence-corrected chi connectivity index (χ1v) is 10.9. The number of nitrogens with zero attached hydrogens (tertiary/aromatic N) is 2. The van der Waals surface area contributed by atoms with Crippen molar-refractivity contribution in [2.45, 2.75) is 0 Å². The van der Waals surface area contributed by atoms with Crippen molar-refractivity contribution in [2.75, 3.05) is 49.2 Å². The number of amides is 2. The van der Waals surface area contributed by atoms with Crippen LogP contribution in [0, 0.1) is 0 Å². The van der Waals surface area contributed by atoms with E-state index < -0.39 is 15.9 Å². The fourth-order valence-corrected chi connectivity index (χ4v) is 3.44. The van der Waals surface area contributed by atoms with Crippen molar-refractivity contribution in [3.63, 3.8) is 0 Å². The SMILES string of the molecule is CN(c1cccc(C(=O)Nc2ccccc2C(=O)N2CCOCC2)c1)S(C)(=O)=O. The lowest BCUT2D eigenvalue weighted by atomic mass is 10.1. The van der Waals surface area contributed by atoms with Crippen molar-refractivity contribution in [2.24, 2.45) is 0 Å². The number of para-hydroxylation sites is 1. The van der Waals surface area contributed by atoms with Crippen LogP contribution in [0.4, 0.5) is 11.4 Å². The van der Waals surface area contributed by atoms with Gasteiger partial charge in [-0.2, -0.15) is 0 Å². The number of sulfonamides is 1. The minimum atomic E-state index is -3.45. The molecule has 1 heterocycles. The molecular formula is C20H23N3O5S. The maximum atomic E-state index is 12.8. The third kappa shape index (κ3) is 4.93. The Labute approximate surface area is 170 Å². The number of morpholine rings is 1. The molecule has 0 atom stereocenters. The molecule has 1 aliphatic rings. The minimum absolute atomic E-state index is 0.172. The largest absolute Gasteiger partial charge is 0.378 e. The Balaban J connectivity index is 1.82. The molecule has 0 saturated carbocycles. The Hall–Kier alpha value is -2.91. The van der Waals surface area contributed by atoms with Crippen LogP contribution in [0.5, 0.6) is 0 Å². The van der Waals surface area contributed by atoms with Gasteiger partial charge in [0.1, 0.15) is 0 Å². The first kappa shape index (κ1) is 20.8. The van der Waals surface area contributed by atoms with Gasteiger partial charge in [-0.15, -0.1) is 0 Å². The lowest BCUT2D eigenvalue weighted by Gasteiger charge is -2.27. The Morgan fingerprint density at radius 2 is 1.76 bits per heavy atom. The van der Waals surface area contributed by atoms with Gasteiger partial charge >= 0.3 is 0 Å². The molecule has 1 fully saturated rings. The molecule has 1 N–H and O–H groups in total. The molecule has 2 aromatic carbocycles. The second kappa shape index (κ2) is 8.62. The molecule has 2 aromatic rings. The van der Waals surface area contributed by atoms with E-state index in [1.807, 2.05) is 0 Å². The van der Waals surface area contributed by atoms with Gasteiger partial charge in [-0.05, 0) is 30.3 Å². The Morgan fingerprint density at radius 3 is 2.45 bits per heavy atom. The standard InChI is InChI=1S/C20H23N3O5S/c1-22(29(2,26)27)16-7-5-6-15(14-16)19(24)21-18-9-4-3-8-17(18)20(25)23-10-12-28-13-11-23/h3-9,14H,10-13H2,1-2H3,(H,21,24). The number of anilines is 2. The van der Waals surface area contributed by atoms with Gasteiger partial charge < -0.3 is 15.0 Å². The van der Waals surface area contributed by atoms with E-state index in [-0.39, 0.29) is 11.5 Å². The fraction of sp³-hybridized carbons (Fsp3) is 0.300. The lowest BCUT2D eigenvalue weighted by Crippen LogP contribution is -2.41. The third-order valence-corrected chi connectivity index (χ3v) is 5.88. The van der Waals surface area contributed by atoms with Crippen molar-refractivity contribution in [3.8, 4) is 0 Å². The molecular weight excluding hydrogens is 394 g/mol. The van der Waals surface area contributed by atoms with E-state index in [1.165, 1.54) is 13.1 Å². The predicted octanol–water partition coefficient (Wildman–Crippen LogP) is 1.81. The van der Waals surface area contributed by atoms with Crippen LogP contribution in [-0.4, -0.2) is 64.7 Å². The molecule has 0 aromatic heterocycles. The number of hydrogen-bond donors (Lipinski definition) is 1. The highest BCUT2D eigenvalue weighted by atomic mass is 32.2. The molecule has 0 aliphatic carbocycles. The molecule has 1 saturated heterocycles. The second-order valence-corrected chi connectivity index (χ2v) is 8.70. The summed E-state index contributed by atoms with van der Waals surface area (Å²) >= 11 is 0. The number of carbonyl (C=O) groups is 2. The molecule has 154 valence electrons. The summed E-state index contributed by atoms with van der Waals surface area (Å²) in [4.78, 5) is 27.3. The molecule has 0 radical (unpaired) electrons. The number of carbonyl (C=O) groups excluding carboxylic acids is 2. The zero-order valence-electron chi connectivity index (χ0n) is 16.3. The average Bonchev–Trinajstić information content (AvgIpc) is 2.73. The first-order valence-electron chi connectivity index (χ1n) is 9.09. The Kier molecular flexibility index (Phi) is 6.19. The van der Waals surface area contributed by atoms with Crippen LogP contribution in [0.1, 0.15) is 20.7 Å². The number of hydrogen-bond acceptors (Lipinski definition) is 5. The van der Waals surface area contributed by atoms with Crippen LogP contribution in [0.15, 0.2) is 48.5 Å². The van der Waals surface area contributed by atoms with E-state index in [0.717, 1.165) is 10.6 Å². The molecule has 2 amide bonds. The Bertz CT molecular complexity index is 1020. The molecule has 0 bridgehead atoms. The maximum absolute atomic E-state index is 12.8. The zero-order valence-corrected chi connectivity index (χ0v) is 17.1. The molecule has 1 aliphatic heterocycles. The smallest absolute Gasteiger partial charge is 0.256 e. The van der Waals surface area contributed by atoms with Gasteiger partial charge in [0.15, 0.2) is 0 Å². The number of rotatable bonds is 5. The van der Waals surface area contributed by atoms with Gasteiger partial charge in [-0.25, -0.2) is 8.42 Å². The van der Waals surface area contributed by atoms with Crippen LogP contribution in [0.2, 0.25) is 0 Å². The highest BCUT2D eigenvalue weighted by molar-refractivity contribution is 7.92. The Morgan fingerprint density at radius 1 is 1.07 bits per heavy atom. The average molecular weight is 417 g/mol. The van der Waals surface area contributed by atoms with E-state index in [9.17, 15) is 18.0 Å². The summed E-state index contributed by atoms with van der Waals surface area (Å²) in [6, 6.07) is 13.1. The summed E-state index contributed by atoms with van der Waals surface area (Å²) in [6.45, 7) is 1.98. The van der Waals surface area contributed by atoms with Crippen LogP contribution < -0.4 is 9.62 Å². The fourth-order valence-electron chi connectivity index (χ4n) is 2.94. The van der Waals surface area contributed by atoms with E-state index in [2.05, 4.69) is 5.32 Å². The number of nitrogens with one attached hydrogen (secondary N) is 1. The van der Waals surface area contributed by atoms with Crippen molar-refractivity contribution in [1.29, 1.82) is 0 Å². The van der Waals surface area contributed by atoms with Gasteiger partial charge in [0.25, 0.3) is 11.8 Å². The van der Waals surface area contributed by atoms with Crippen LogP contribution in [0.3, 0.4) is 0 Å². The van der Waals surface area contributed by atoms with Crippen LogP contribution >= 0.6 is 0 Å². The molecule has 0 spiro atoms. The first-order chi connectivity index (χ1) is 13.8. The van der Waals surface area contributed by atoms with Crippen molar-refractivity contribution < 1.29 is 22.7 Å². The minimum Gasteiger partial charge on any atom is -0.378 e. The van der Waals surface area contributed by atoms with E-state index in [4.69, 9.17) is 4.74 Å². The summed E-state index contributed by atoms with van der Waals surface area (Å²) in [5.74, 6) is -0.606. The van der Waals surface area contributed by atoms with Gasteiger partial charge in [0, 0.05) is 25.7 Å². The lowest BCUT2D eigenvalue weighted by molar-refractivity contribution is 0.0303. The predicted molar refractivity (Wildman–Crippen MR) is 111 cm³/mol. The molecule has 0 unspecified atom stereocenters. The van der Waals surface area contributed by atoms with Gasteiger partial charge in [0.2, 0.25) is 10.0 Å². The topological polar surface area (TPSA) is 96.0 Å². The second-order valence-electron chi connectivity index (χ2n) is 6.69. The van der Waals surface area contributed by atoms with E-state index >= 15 is 0 Å². The molecule has 9 heteroatoms. The third-order valence-electron chi connectivity index (χ3n) is 4.67. The number of ether oxygens (including phenoxy) is 1. The van der Waals surface area contributed by atoms with E-state index in [1.54, 1.807) is 47.4 Å².